The van der Waals surface area contributed by atoms with Crippen molar-refractivity contribution < 1.29 is 14.6 Å². The van der Waals surface area contributed by atoms with E-state index in [-0.39, 0.29) is 17.8 Å². The summed E-state index contributed by atoms with van der Waals surface area (Å²) >= 11 is 12.2. The summed E-state index contributed by atoms with van der Waals surface area (Å²) in [5, 5.41) is 15.5. The number of carbonyl (C=O) groups excluding carboxylic acids is 1. The highest BCUT2D eigenvalue weighted by Crippen LogP contribution is 2.22. The molecule has 1 heterocycles. The number of benzene rings is 2. The molecule has 0 atom stereocenters. The summed E-state index contributed by atoms with van der Waals surface area (Å²) in [4.78, 5) is 31.4. The van der Waals surface area contributed by atoms with E-state index in [0.717, 1.165) is 0 Å². The van der Waals surface area contributed by atoms with Gasteiger partial charge in [0.25, 0.3) is 5.69 Å². The van der Waals surface area contributed by atoms with Gasteiger partial charge in [0.2, 0.25) is 0 Å². The van der Waals surface area contributed by atoms with Crippen LogP contribution in [0.3, 0.4) is 0 Å². The summed E-state index contributed by atoms with van der Waals surface area (Å²) < 4.78 is 1.73. The third kappa shape index (κ3) is 4.73. The zero-order valence-electron chi connectivity index (χ0n) is 14.2. The Morgan fingerprint density at radius 1 is 1.21 bits per heavy atom. The molecule has 0 unspecified atom stereocenters. The third-order valence-electron chi connectivity index (χ3n) is 3.69. The van der Waals surface area contributed by atoms with Crippen molar-refractivity contribution in [3.05, 3.63) is 92.5 Å². The Bertz CT molecular complexity index is 1030. The van der Waals surface area contributed by atoms with Gasteiger partial charge in [0, 0.05) is 35.1 Å². The largest absolute Gasteiger partial charge is 0.365 e. The fourth-order valence-corrected chi connectivity index (χ4v) is 2.83. The van der Waals surface area contributed by atoms with Gasteiger partial charge in [-0.3, -0.25) is 10.1 Å². The Labute approximate surface area is 169 Å². The lowest BCUT2D eigenvalue weighted by Crippen LogP contribution is -2.13. The zero-order valence-corrected chi connectivity index (χ0v) is 15.7. The molecule has 0 N–H and O–H groups in total. The van der Waals surface area contributed by atoms with E-state index >= 15 is 0 Å². The Morgan fingerprint density at radius 3 is 2.57 bits per heavy atom. The van der Waals surface area contributed by atoms with Crippen molar-refractivity contribution in [2.45, 2.75) is 6.54 Å². The minimum absolute atomic E-state index is 0.124. The van der Waals surface area contributed by atoms with Gasteiger partial charge < -0.3 is 9.40 Å². The average molecular weight is 419 g/mol. The zero-order chi connectivity index (χ0) is 20.1. The molecule has 0 bridgehead atoms. The molecule has 2 aromatic carbocycles. The van der Waals surface area contributed by atoms with E-state index in [1.165, 1.54) is 24.3 Å². The van der Waals surface area contributed by atoms with Crippen LogP contribution < -0.4 is 0 Å². The smallest absolute Gasteiger partial charge is 0.331 e. The number of rotatable bonds is 6. The van der Waals surface area contributed by atoms with Crippen molar-refractivity contribution in [1.82, 2.24) is 9.55 Å². The highest BCUT2D eigenvalue weighted by atomic mass is 35.5. The molecule has 0 aliphatic heterocycles. The van der Waals surface area contributed by atoms with Crippen LogP contribution in [0.4, 0.5) is 5.69 Å². The van der Waals surface area contributed by atoms with Gasteiger partial charge in [-0.1, -0.05) is 28.4 Å². The van der Waals surface area contributed by atoms with E-state index in [0.29, 0.717) is 21.3 Å². The van der Waals surface area contributed by atoms with Gasteiger partial charge in [-0.2, -0.15) is 0 Å². The number of carbonyl (C=O) groups is 1. The number of hydrogen-bond donors (Lipinski definition) is 0. The summed E-state index contributed by atoms with van der Waals surface area (Å²) in [6.07, 6.45) is 4.90. The maximum atomic E-state index is 12.2. The maximum Gasteiger partial charge on any atom is 0.365 e. The molecule has 0 spiro atoms. The number of hydrogen-bond acceptors (Lipinski definition) is 6. The van der Waals surface area contributed by atoms with Crippen molar-refractivity contribution in [2.24, 2.45) is 5.16 Å². The van der Waals surface area contributed by atoms with Crippen LogP contribution in [0.25, 0.3) is 0 Å². The fraction of sp³-hybridized carbons (Fsp3) is 0.0556. The number of nitrogens with zero attached hydrogens (tertiary/aromatic N) is 4. The van der Waals surface area contributed by atoms with Gasteiger partial charge in [0.1, 0.15) is 5.71 Å². The first kappa shape index (κ1) is 19.5. The van der Waals surface area contributed by atoms with Crippen LogP contribution in [-0.2, 0) is 11.4 Å². The molecule has 0 amide bonds. The van der Waals surface area contributed by atoms with Crippen molar-refractivity contribution in [2.75, 3.05) is 0 Å². The summed E-state index contributed by atoms with van der Waals surface area (Å²) in [5.41, 5.74) is 0.901. The number of nitro benzene ring substituents is 1. The number of non-ortho nitro benzene ring substituents is 1. The van der Waals surface area contributed by atoms with E-state index in [2.05, 4.69) is 10.1 Å². The topological polar surface area (TPSA) is 99.6 Å². The van der Waals surface area contributed by atoms with Crippen LogP contribution in [-0.4, -0.2) is 26.2 Å². The van der Waals surface area contributed by atoms with Crippen molar-refractivity contribution in [3.63, 3.8) is 0 Å². The number of imidazole rings is 1. The quantitative estimate of drug-likeness (QED) is 0.256. The fourth-order valence-electron chi connectivity index (χ4n) is 2.31. The van der Waals surface area contributed by atoms with Crippen molar-refractivity contribution >= 4 is 40.6 Å². The first-order chi connectivity index (χ1) is 13.4. The van der Waals surface area contributed by atoms with E-state index in [9.17, 15) is 14.9 Å². The summed E-state index contributed by atoms with van der Waals surface area (Å²) in [5.74, 6) is -0.761. The van der Waals surface area contributed by atoms with Gasteiger partial charge in [0.05, 0.1) is 28.4 Å². The van der Waals surface area contributed by atoms with E-state index < -0.39 is 10.9 Å². The molecule has 0 fully saturated rings. The van der Waals surface area contributed by atoms with Gasteiger partial charge >= 0.3 is 5.97 Å². The number of aromatic nitrogens is 2. The minimum atomic E-state index is -0.761. The van der Waals surface area contributed by atoms with E-state index in [1.54, 1.807) is 41.5 Å². The molecule has 142 valence electrons. The Balaban J connectivity index is 1.85. The second-order valence-corrected chi connectivity index (χ2v) is 6.42. The molecule has 8 nitrogen and oxygen atoms in total. The standard InChI is InChI=1S/C18H12Cl2N4O4/c19-13-3-6-15(16(20)9-13)17(10-23-8-7-21-11-23)22-28-18(25)12-1-4-14(5-2-12)24(26)27/h1-9,11H,10H2/b22-17+. The maximum absolute atomic E-state index is 12.2. The lowest BCUT2D eigenvalue weighted by molar-refractivity contribution is -0.384. The predicted octanol–water partition coefficient (Wildman–Crippen LogP) is 4.36. The van der Waals surface area contributed by atoms with Crippen LogP contribution in [0, 0.1) is 10.1 Å². The van der Waals surface area contributed by atoms with Gasteiger partial charge in [-0.05, 0) is 30.3 Å². The molecule has 0 aliphatic carbocycles. The molecule has 0 aliphatic rings. The number of nitro groups is 1. The van der Waals surface area contributed by atoms with Crippen LogP contribution >= 0.6 is 23.2 Å². The van der Waals surface area contributed by atoms with Gasteiger partial charge in [0.15, 0.2) is 0 Å². The third-order valence-corrected chi connectivity index (χ3v) is 4.23. The molecular weight excluding hydrogens is 407 g/mol. The van der Waals surface area contributed by atoms with Crippen LogP contribution in [0.5, 0.6) is 0 Å². The second-order valence-electron chi connectivity index (χ2n) is 5.58. The highest BCUT2D eigenvalue weighted by Gasteiger charge is 2.14. The molecular formula is C18H12Cl2N4O4. The van der Waals surface area contributed by atoms with Gasteiger partial charge in [-0.15, -0.1) is 0 Å². The molecule has 0 radical (unpaired) electrons. The Morgan fingerprint density at radius 2 is 1.96 bits per heavy atom. The lowest BCUT2D eigenvalue weighted by atomic mass is 10.1. The van der Waals surface area contributed by atoms with E-state index in [1.807, 2.05) is 0 Å². The first-order valence-electron chi connectivity index (χ1n) is 7.88. The van der Waals surface area contributed by atoms with Crippen LogP contribution in [0.1, 0.15) is 15.9 Å². The SMILES string of the molecule is O=C(O/N=C(\Cn1ccnc1)c1ccc(Cl)cc1Cl)c1ccc([N+](=O)[O-])cc1. The molecule has 0 saturated carbocycles. The van der Waals surface area contributed by atoms with Crippen LogP contribution in [0.15, 0.2) is 66.3 Å². The molecule has 0 saturated heterocycles. The molecule has 1 aromatic heterocycles. The lowest BCUT2D eigenvalue weighted by Gasteiger charge is -2.09. The Hall–Kier alpha value is -3.23. The highest BCUT2D eigenvalue weighted by molar-refractivity contribution is 6.37. The molecule has 3 rings (SSSR count). The normalized spacial score (nSPS) is 11.3. The van der Waals surface area contributed by atoms with Crippen molar-refractivity contribution in [3.8, 4) is 0 Å². The van der Waals surface area contributed by atoms with Gasteiger partial charge in [-0.25, -0.2) is 9.78 Å². The average Bonchev–Trinajstić information content (AvgIpc) is 3.18. The summed E-state index contributed by atoms with van der Waals surface area (Å²) in [6.45, 7) is 0.245. The van der Waals surface area contributed by atoms with Crippen molar-refractivity contribution in [1.29, 1.82) is 0 Å². The molecule has 10 heteroatoms. The number of halogens is 2. The Kier molecular flexibility index (Phi) is 6.03. The summed E-state index contributed by atoms with van der Waals surface area (Å²) in [7, 11) is 0. The first-order valence-corrected chi connectivity index (χ1v) is 8.63. The van der Waals surface area contributed by atoms with Crippen LogP contribution in [0.2, 0.25) is 10.0 Å². The number of oxime groups is 1. The molecule has 28 heavy (non-hydrogen) atoms. The summed E-state index contributed by atoms with van der Waals surface area (Å²) in [6, 6.07) is 9.87. The molecule has 3 aromatic rings. The predicted molar refractivity (Wildman–Crippen MR) is 104 cm³/mol. The monoisotopic (exact) mass is 418 g/mol. The van der Waals surface area contributed by atoms with E-state index in [4.69, 9.17) is 28.0 Å². The second kappa shape index (κ2) is 8.64. The minimum Gasteiger partial charge on any atom is -0.331 e.